The zero-order valence-corrected chi connectivity index (χ0v) is 12.7. The molecule has 0 fully saturated rings. The van der Waals surface area contributed by atoms with Crippen LogP contribution in [-0.2, 0) is 0 Å². The Morgan fingerprint density at radius 3 is 2.62 bits per heavy atom. The van der Waals surface area contributed by atoms with E-state index in [1.54, 1.807) is 30.3 Å². The van der Waals surface area contributed by atoms with Crippen molar-refractivity contribution < 1.29 is 9.21 Å². The average Bonchev–Trinajstić information content (AvgIpc) is 3.08. The van der Waals surface area contributed by atoms with Crippen LogP contribution in [0, 0.1) is 0 Å². The van der Waals surface area contributed by atoms with Gasteiger partial charge in [0.1, 0.15) is 0 Å². The molecule has 0 bridgehead atoms. The van der Waals surface area contributed by atoms with Gasteiger partial charge >= 0.3 is 6.01 Å². The van der Waals surface area contributed by atoms with Gasteiger partial charge in [0.2, 0.25) is 5.89 Å². The number of anilines is 1. The van der Waals surface area contributed by atoms with Gasteiger partial charge in [0.25, 0.3) is 5.91 Å². The lowest BCUT2D eigenvalue weighted by Crippen LogP contribution is -2.10. The first-order valence-corrected chi connectivity index (χ1v) is 7.40. The van der Waals surface area contributed by atoms with E-state index < -0.39 is 0 Å². The zero-order valence-electron chi connectivity index (χ0n) is 10.3. The SMILES string of the molecule is O=C(Nc1nnc(-c2cc(Cl)cc(Cl)c2)o1)c1cccs1. The summed E-state index contributed by atoms with van der Waals surface area (Å²) in [5, 5.41) is 12.9. The van der Waals surface area contributed by atoms with Gasteiger partial charge < -0.3 is 4.42 Å². The molecule has 0 atom stereocenters. The van der Waals surface area contributed by atoms with Crippen molar-refractivity contribution in [1.82, 2.24) is 10.2 Å². The summed E-state index contributed by atoms with van der Waals surface area (Å²) in [5.74, 6) is -0.0785. The highest BCUT2D eigenvalue weighted by molar-refractivity contribution is 7.12. The fourth-order valence-electron chi connectivity index (χ4n) is 1.63. The lowest BCUT2D eigenvalue weighted by atomic mass is 10.2. The van der Waals surface area contributed by atoms with Gasteiger partial charge in [0.15, 0.2) is 0 Å². The molecule has 0 radical (unpaired) electrons. The average molecular weight is 340 g/mol. The first-order chi connectivity index (χ1) is 10.1. The van der Waals surface area contributed by atoms with Crippen molar-refractivity contribution >= 4 is 46.5 Å². The normalized spacial score (nSPS) is 10.6. The van der Waals surface area contributed by atoms with Crippen LogP contribution < -0.4 is 5.32 Å². The molecule has 3 rings (SSSR count). The highest BCUT2D eigenvalue weighted by atomic mass is 35.5. The van der Waals surface area contributed by atoms with Gasteiger partial charge in [-0.05, 0) is 29.6 Å². The molecule has 106 valence electrons. The summed E-state index contributed by atoms with van der Waals surface area (Å²) in [7, 11) is 0. The predicted octanol–water partition coefficient (Wildman–Crippen LogP) is 4.36. The third-order valence-electron chi connectivity index (χ3n) is 2.50. The van der Waals surface area contributed by atoms with Crippen molar-refractivity contribution in [1.29, 1.82) is 0 Å². The van der Waals surface area contributed by atoms with Crippen LogP contribution >= 0.6 is 34.5 Å². The Bertz CT molecular complexity index is 766. The number of rotatable bonds is 3. The van der Waals surface area contributed by atoms with E-state index in [1.165, 1.54) is 11.3 Å². The van der Waals surface area contributed by atoms with Crippen molar-refractivity contribution in [3.63, 3.8) is 0 Å². The Labute approximate surface area is 133 Å². The monoisotopic (exact) mass is 339 g/mol. The summed E-state index contributed by atoms with van der Waals surface area (Å²) in [6.45, 7) is 0. The molecule has 0 spiro atoms. The molecule has 1 aromatic carbocycles. The molecular formula is C13H7Cl2N3O2S. The first kappa shape index (κ1) is 14.1. The number of benzene rings is 1. The molecule has 0 saturated carbocycles. The van der Waals surface area contributed by atoms with Crippen LogP contribution in [0.3, 0.4) is 0 Å². The molecule has 1 amide bonds. The highest BCUT2D eigenvalue weighted by Crippen LogP contribution is 2.27. The summed E-state index contributed by atoms with van der Waals surface area (Å²) in [5.41, 5.74) is 0.580. The number of hydrogen-bond acceptors (Lipinski definition) is 5. The summed E-state index contributed by atoms with van der Waals surface area (Å²) in [4.78, 5) is 12.4. The van der Waals surface area contributed by atoms with Crippen LogP contribution in [0.4, 0.5) is 6.01 Å². The summed E-state index contributed by atoms with van der Waals surface area (Å²) >= 11 is 13.2. The molecule has 0 aliphatic carbocycles. The van der Waals surface area contributed by atoms with Crippen molar-refractivity contribution in [2.75, 3.05) is 5.32 Å². The topological polar surface area (TPSA) is 68.0 Å². The molecule has 2 aromatic heterocycles. The third-order valence-corrected chi connectivity index (χ3v) is 3.81. The number of nitrogens with zero attached hydrogens (tertiary/aromatic N) is 2. The second kappa shape index (κ2) is 5.85. The number of thiophene rings is 1. The smallest absolute Gasteiger partial charge is 0.322 e. The van der Waals surface area contributed by atoms with Gasteiger partial charge in [-0.3, -0.25) is 10.1 Å². The van der Waals surface area contributed by atoms with E-state index >= 15 is 0 Å². The van der Waals surface area contributed by atoms with Crippen LogP contribution in [0.5, 0.6) is 0 Å². The second-order valence-corrected chi connectivity index (χ2v) is 5.82. The van der Waals surface area contributed by atoms with Gasteiger partial charge in [-0.2, -0.15) is 0 Å². The molecule has 2 heterocycles. The van der Waals surface area contributed by atoms with Gasteiger partial charge in [-0.25, -0.2) is 0 Å². The van der Waals surface area contributed by atoms with Gasteiger partial charge in [-0.1, -0.05) is 34.4 Å². The van der Waals surface area contributed by atoms with Crippen LogP contribution in [0.15, 0.2) is 40.1 Å². The number of amides is 1. The molecule has 0 aliphatic heterocycles. The molecular weight excluding hydrogens is 333 g/mol. The molecule has 3 aromatic rings. The van der Waals surface area contributed by atoms with Crippen LogP contribution in [0.1, 0.15) is 9.67 Å². The Morgan fingerprint density at radius 2 is 1.95 bits per heavy atom. The molecule has 1 N–H and O–H groups in total. The van der Waals surface area contributed by atoms with Crippen molar-refractivity contribution in [2.24, 2.45) is 0 Å². The third kappa shape index (κ3) is 3.24. The number of carbonyl (C=O) groups excluding carboxylic acids is 1. The largest absolute Gasteiger partial charge is 0.403 e. The Balaban J connectivity index is 1.81. The molecule has 8 heteroatoms. The minimum atomic E-state index is -0.302. The first-order valence-electron chi connectivity index (χ1n) is 5.76. The Morgan fingerprint density at radius 1 is 1.19 bits per heavy atom. The van der Waals surface area contributed by atoms with E-state index in [0.717, 1.165) is 0 Å². The summed E-state index contributed by atoms with van der Waals surface area (Å²) in [6.07, 6.45) is 0. The van der Waals surface area contributed by atoms with Gasteiger partial charge in [0, 0.05) is 15.6 Å². The Hall–Kier alpha value is -1.89. The summed E-state index contributed by atoms with van der Waals surface area (Å²) < 4.78 is 5.38. The summed E-state index contributed by atoms with van der Waals surface area (Å²) in [6, 6.07) is 8.39. The maximum atomic E-state index is 11.9. The second-order valence-electron chi connectivity index (χ2n) is 4.00. The van der Waals surface area contributed by atoms with Gasteiger partial charge in [0.05, 0.1) is 4.88 Å². The van der Waals surface area contributed by atoms with Crippen LogP contribution in [0.2, 0.25) is 10.0 Å². The van der Waals surface area contributed by atoms with Crippen LogP contribution in [0.25, 0.3) is 11.5 Å². The standard InChI is InChI=1S/C13H7Cl2N3O2S/c14-8-4-7(5-9(15)6-8)12-17-18-13(20-12)16-11(19)10-2-1-3-21-10/h1-6H,(H,16,18,19). The lowest BCUT2D eigenvalue weighted by Gasteiger charge is -1.98. The number of hydrogen-bond donors (Lipinski definition) is 1. The molecule has 5 nitrogen and oxygen atoms in total. The Kier molecular flexibility index (Phi) is 3.92. The molecule has 21 heavy (non-hydrogen) atoms. The maximum absolute atomic E-state index is 11.9. The molecule has 0 aliphatic rings. The van der Waals surface area contributed by atoms with E-state index in [2.05, 4.69) is 15.5 Å². The fraction of sp³-hybridized carbons (Fsp3) is 0. The van der Waals surface area contributed by atoms with Crippen molar-refractivity contribution in [2.45, 2.75) is 0 Å². The molecule has 0 unspecified atom stereocenters. The number of carbonyl (C=O) groups is 1. The zero-order chi connectivity index (χ0) is 14.8. The maximum Gasteiger partial charge on any atom is 0.322 e. The number of halogens is 2. The highest BCUT2D eigenvalue weighted by Gasteiger charge is 2.14. The minimum absolute atomic E-state index is 0.0134. The lowest BCUT2D eigenvalue weighted by molar-refractivity contribution is 0.102. The number of aromatic nitrogens is 2. The number of nitrogens with one attached hydrogen (secondary N) is 1. The minimum Gasteiger partial charge on any atom is -0.403 e. The van der Waals surface area contributed by atoms with E-state index in [4.69, 9.17) is 27.6 Å². The van der Waals surface area contributed by atoms with E-state index in [0.29, 0.717) is 20.5 Å². The van der Waals surface area contributed by atoms with E-state index in [1.807, 2.05) is 5.38 Å². The van der Waals surface area contributed by atoms with Gasteiger partial charge in [-0.15, -0.1) is 16.4 Å². The fourth-order valence-corrected chi connectivity index (χ4v) is 2.78. The van der Waals surface area contributed by atoms with Crippen LogP contribution in [-0.4, -0.2) is 16.1 Å². The quantitative estimate of drug-likeness (QED) is 0.769. The van der Waals surface area contributed by atoms with E-state index in [9.17, 15) is 4.79 Å². The molecule has 0 saturated heterocycles. The van der Waals surface area contributed by atoms with E-state index in [-0.39, 0.29) is 17.8 Å². The predicted molar refractivity (Wildman–Crippen MR) is 82.0 cm³/mol. The van der Waals surface area contributed by atoms with Crippen molar-refractivity contribution in [3.05, 3.63) is 50.6 Å². The van der Waals surface area contributed by atoms with Crippen molar-refractivity contribution in [3.8, 4) is 11.5 Å².